The molecule has 0 amide bonds. The molecule has 3 rings (SSSR count). The predicted molar refractivity (Wildman–Crippen MR) is 102 cm³/mol. The molecule has 0 radical (unpaired) electrons. The fourth-order valence-corrected chi connectivity index (χ4v) is 3.88. The van der Waals surface area contributed by atoms with Crippen molar-refractivity contribution in [2.24, 2.45) is 0 Å². The summed E-state index contributed by atoms with van der Waals surface area (Å²) >= 11 is 0.453. The van der Waals surface area contributed by atoms with E-state index in [2.05, 4.69) is 4.98 Å². The van der Waals surface area contributed by atoms with Gasteiger partial charge in [-0.05, 0) is 29.8 Å². The number of aromatic nitrogens is 1. The number of alkyl halides is 3. The Bertz CT molecular complexity index is 1040. The van der Waals surface area contributed by atoms with Crippen LogP contribution in [-0.2, 0) is 16.0 Å². The molecule has 0 bridgehead atoms. The summed E-state index contributed by atoms with van der Waals surface area (Å²) in [6, 6.07) is 10.5. The van der Waals surface area contributed by atoms with Crippen LogP contribution in [0.15, 0.2) is 53.4 Å². The lowest BCUT2D eigenvalue weighted by atomic mass is 10.1. The van der Waals surface area contributed by atoms with Gasteiger partial charge in [0.25, 0.3) is 0 Å². The van der Waals surface area contributed by atoms with Gasteiger partial charge in [0.2, 0.25) is 0 Å². The number of thiazole rings is 1. The average Bonchev–Trinajstić information content (AvgIpc) is 3.09. The van der Waals surface area contributed by atoms with E-state index in [-0.39, 0.29) is 15.5 Å². The first-order valence-electron chi connectivity index (χ1n) is 8.20. The van der Waals surface area contributed by atoms with Crippen molar-refractivity contribution in [1.29, 1.82) is 0 Å². The van der Waals surface area contributed by atoms with Crippen LogP contribution >= 0.6 is 11.3 Å². The molecule has 9 heteroatoms. The molecule has 3 nitrogen and oxygen atoms in total. The highest BCUT2D eigenvalue weighted by Gasteiger charge is 2.36. The van der Waals surface area contributed by atoms with Crippen molar-refractivity contribution in [2.45, 2.75) is 24.9 Å². The minimum atomic E-state index is -4.62. The molecule has 150 valence electrons. The Morgan fingerprint density at radius 1 is 0.893 bits per heavy atom. The fraction of sp³-hybridized carbons (Fsp3) is 0.211. The van der Waals surface area contributed by atoms with Crippen LogP contribution in [0.5, 0.6) is 0 Å². The van der Waals surface area contributed by atoms with E-state index in [0.29, 0.717) is 22.5 Å². The van der Waals surface area contributed by atoms with Crippen molar-refractivity contribution in [3.63, 3.8) is 0 Å². The minimum absolute atomic E-state index is 0.0517. The molecular formula is C19H17F4NO2S2. The van der Waals surface area contributed by atoms with Crippen LogP contribution in [0.25, 0.3) is 21.7 Å². The van der Waals surface area contributed by atoms with Gasteiger partial charge in [-0.2, -0.15) is 13.2 Å². The van der Waals surface area contributed by atoms with Crippen LogP contribution < -0.4 is 0 Å². The van der Waals surface area contributed by atoms with Gasteiger partial charge in [-0.15, -0.1) is 11.3 Å². The van der Waals surface area contributed by atoms with Gasteiger partial charge in [-0.3, -0.25) is 0 Å². The maximum Gasteiger partial charge on any atom is 0.443 e. The van der Waals surface area contributed by atoms with Crippen LogP contribution in [0, 0.1) is 5.82 Å². The summed E-state index contributed by atoms with van der Waals surface area (Å²) in [4.78, 5) is 3.97. The standard InChI is InChI=1S/C17H11F4NO2S2.C2H6/c1-26(23,24)13-8-4-10(5-9-13)14-15(11-2-6-12(18)7-3-11)25-16(22-14)17(19,20)21;1-2/h2-9H,1H3;1-2H3. The smallest absolute Gasteiger partial charge is 0.231 e. The SMILES string of the molecule is CC.CS(=O)(=O)c1ccc(-c2nc(C(F)(F)F)sc2-c2ccc(F)cc2)cc1. The molecule has 0 aliphatic heterocycles. The number of hydrogen-bond donors (Lipinski definition) is 0. The largest absolute Gasteiger partial charge is 0.443 e. The molecule has 0 atom stereocenters. The van der Waals surface area contributed by atoms with Crippen LogP contribution in [0.3, 0.4) is 0 Å². The quantitative estimate of drug-likeness (QED) is 0.473. The van der Waals surface area contributed by atoms with Gasteiger partial charge in [-0.25, -0.2) is 17.8 Å². The lowest BCUT2D eigenvalue weighted by molar-refractivity contribution is -0.137. The molecule has 0 saturated carbocycles. The second-order valence-corrected chi connectivity index (χ2v) is 8.51. The molecule has 0 saturated heterocycles. The lowest BCUT2D eigenvalue weighted by Gasteiger charge is -2.04. The maximum atomic E-state index is 13.1. The van der Waals surface area contributed by atoms with E-state index in [1.165, 1.54) is 36.4 Å². The summed E-state index contributed by atoms with van der Waals surface area (Å²) in [6.45, 7) is 4.00. The molecule has 1 aromatic heterocycles. The highest BCUT2D eigenvalue weighted by atomic mass is 32.2. The first-order chi connectivity index (χ1) is 13.1. The summed E-state index contributed by atoms with van der Waals surface area (Å²) in [5.41, 5.74) is 0.791. The van der Waals surface area contributed by atoms with Gasteiger partial charge in [0.05, 0.1) is 15.5 Å². The Kier molecular flexibility index (Phi) is 6.61. The highest BCUT2D eigenvalue weighted by Crippen LogP contribution is 2.42. The number of nitrogens with zero attached hydrogens (tertiary/aromatic N) is 1. The Labute approximate surface area is 164 Å². The molecule has 0 N–H and O–H groups in total. The Morgan fingerprint density at radius 2 is 1.39 bits per heavy atom. The van der Waals surface area contributed by atoms with Crippen molar-refractivity contribution < 1.29 is 26.0 Å². The van der Waals surface area contributed by atoms with Crippen LogP contribution in [0.2, 0.25) is 0 Å². The molecule has 0 unspecified atom stereocenters. The predicted octanol–water partition coefficient (Wildman–Crippen LogP) is 6.06. The monoisotopic (exact) mass is 431 g/mol. The number of benzene rings is 2. The molecule has 0 aliphatic carbocycles. The second kappa shape index (κ2) is 8.40. The zero-order valence-electron chi connectivity index (χ0n) is 15.2. The molecule has 0 fully saturated rings. The van der Waals surface area contributed by atoms with Crippen LogP contribution in [0.4, 0.5) is 17.6 Å². The first-order valence-corrected chi connectivity index (χ1v) is 10.9. The van der Waals surface area contributed by atoms with E-state index >= 15 is 0 Å². The average molecular weight is 431 g/mol. The lowest BCUT2D eigenvalue weighted by Crippen LogP contribution is -2.03. The molecule has 28 heavy (non-hydrogen) atoms. The van der Waals surface area contributed by atoms with Crippen molar-refractivity contribution >= 4 is 21.2 Å². The summed E-state index contributed by atoms with van der Waals surface area (Å²) in [7, 11) is -3.43. The maximum absolute atomic E-state index is 13.1. The zero-order valence-corrected chi connectivity index (χ0v) is 16.8. The van der Waals surface area contributed by atoms with Crippen molar-refractivity contribution in [2.75, 3.05) is 6.26 Å². The molecule has 1 heterocycles. The summed E-state index contributed by atoms with van der Waals surface area (Å²) in [5.74, 6) is -0.506. The Balaban J connectivity index is 0.00000136. The van der Waals surface area contributed by atoms with E-state index < -0.39 is 26.8 Å². The third-order valence-corrected chi connectivity index (χ3v) is 5.81. The molecule has 0 aliphatic rings. The first kappa shape index (κ1) is 22.0. The number of rotatable bonds is 3. The summed E-state index contributed by atoms with van der Waals surface area (Å²) < 4.78 is 75.5. The minimum Gasteiger partial charge on any atom is -0.231 e. The topological polar surface area (TPSA) is 47.0 Å². The third-order valence-electron chi connectivity index (χ3n) is 3.53. The van der Waals surface area contributed by atoms with Crippen LogP contribution in [0.1, 0.15) is 18.9 Å². The normalized spacial score (nSPS) is 11.7. The van der Waals surface area contributed by atoms with Crippen LogP contribution in [-0.4, -0.2) is 19.7 Å². The third kappa shape index (κ3) is 4.96. The fourth-order valence-electron chi connectivity index (χ4n) is 2.29. The zero-order chi connectivity index (χ0) is 21.1. The molecule has 3 aromatic rings. The van der Waals surface area contributed by atoms with Crippen molar-refractivity contribution in [1.82, 2.24) is 4.98 Å². The van der Waals surface area contributed by atoms with E-state index in [0.717, 1.165) is 18.4 Å². The highest BCUT2D eigenvalue weighted by molar-refractivity contribution is 7.90. The molecule has 2 aromatic carbocycles. The van der Waals surface area contributed by atoms with Crippen molar-refractivity contribution in [3.8, 4) is 21.7 Å². The van der Waals surface area contributed by atoms with E-state index in [4.69, 9.17) is 0 Å². The van der Waals surface area contributed by atoms with E-state index in [1.54, 1.807) is 0 Å². The summed E-state index contributed by atoms with van der Waals surface area (Å²) in [5, 5.41) is -1.03. The van der Waals surface area contributed by atoms with Gasteiger partial charge in [0.15, 0.2) is 14.8 Å². The van der Waals surface area contributed by atoms with Gasteiger partial charge in [0, 0.05) is 11.8 Å². The van der Waals surface area contributed by atoms with E-state index in [9.17, 15) is 26.0 Å². The Hall–Kier alpha value is -2.26. The number of halogens is 4. The van der Waals surface area contributed by atoms with Crippen molar-refractivity contribution in [3.05, 3.63) is 59.4 Å². The second-order valence-electron chi connectivity index (χ2n) is 5.50. The van der Waals surface area contributed by atoms with Gasteiger partial charge in [-0.1, -0.05) is 38.1 Å². The number of sulfone groups is 1. The van der Waals surface area contributed by atoms with Gasteiger partial charge < -0.3 is 0 Å². The van der Waals surface area contributed by atoms with Gasteiger partial charge in [0.1, 0.15) is 5.82 Å². The van der Waals surface area contributed by atoms with Gasteiger partial charge >= 0.3 is 6.18 Å². The Morgan fingerprint density at radius 3 is 1.86 bits per heavy atom. The summed E-state index contributed by atoms with van der Waals surface area (Å²) in [6.07, 6.45) is -3.58. The molecular weight excluding hydrogens is 414 g/mol. The number of hydrogen-bond acceptors (Lipinski definition) is 4. The molecule has 0 spiro atoms. The van der Waals surface area contributed by atoms with E-state index in [1.807, 2.05) is 13.8 Å².